The molecule has 0 aliphatic carbocycles. The van der Waals surface area contributed by atoms with Crippen molar-refractivity contribution in [1.82, 2.24) is 4.98 Å². The van der Waals surface area contributed by atoms with Crippen LogP contribution in [-0.2, 0) is 4.74 Å². The second kappa shape index (κ2) is 10.2. The standard InChI is InChI=1S/C25H26BrN3O2S2/c1-2-16(15-26)27-17-6-7-21-23(12-17)32-22-5-3-4-19(25(22)33-21)20-13-18(14-24(30)28-20)29-8-10-31-11-9-29/h3-7,12-14,16,27H,2,8-11,15H2,1H3,(H,28,30). The molecule has 0 radical (unpaired) electrons. The second-order valence-corrected chi connectivity index (χ2v) is 10.9. The quantitative estimate of drug-likeness (QED) is 0.287. The summed E-state index contributed by atoms with van der Waals surface area (Å²) in [5, 5.41) is 4.54. The highest BCUT2D eigenvalue weighted by Crippen LogP contribution is 2.52. The second-order valence-electron chi connectivity index (χ2n) is 8.12. The Morgan fingerprint density at radius 2 is 1.94 bits per heavy atom. The molecule has 0 spiro atoms. The molecule has 1 saturated heterocycles. The number of hydrogen-bond donors (Lipinski definition) is 2. The minimum absolute atomic E-state index is 0.0755. The molecule has 33 heavy (non-hydrogen) atoms. The van der Waals surface area contributed by atoms with E-state index in [1.165, 1.54) is 19.6 Å². The third-order valence-electron chi connectivity index (χ3n) is 5.90. The molecule has 0 saturated carbocycles. The lowest BCUT2D eigenvalue weighted by Gasteiger charge is -2.29. The van der Waals surface area contributed by atoms with Gasteiger partial charge in [-0.25, -0.2) is 0 Å². The number of alkyl halides is 1. The predicted molar refractivity (Wildman–Crippen MR) is 142 cm³/mol. The Balaban J connectivity index is 1.46. The molecule has 8 heteroatoms. The number of aromatic nitrogens is 1. The molecule has 2 aliphatic heterocycles. The van der Waals surface area contributed by atoms with E-state index in [9.17, 15) is 4.79 Å². The van der Waals surface area contributed by atoms with Crippen molar-refractivity contribution in [2.24, 2.45) is 0 Å². The summed E-state index contributed by atoms with van der Waals surface area (Å²) in [5.41, 5.74) is 3.95. The number of H-pyrrole nitrogens is 1. The summed E-state index contributed by atoms with van der Waals surface area (Å²) < 4.78 is 5.48. The van der Waals surface area contributed by atoms with Gasteiger partial charge in [0.1, 0.15) is 0 Å². The van der Waals surface area contributed by atoms with Crippen LogP contribution in [0.1, 0.15) is 13.3 Å². The van der Waals surface area contributed by atoms with Crippen molar-refractivity contribution >= 4 is 50.8 Å². The lowest BCUT2D eigenvalue weighted by atomic mass is 10.1. The molecule has 5 rings (SSSR count). The maximum absolute atomic E-state index is 12.5. The normalized spacial score (nSPS) is 16.1. The van der Waals surface area contributed by atoms with Crippen LogP contribution < -0.4 is 15.8 Å². The van der Waals surface area contributed by atoms with Crippen LogP contribution in [0, 0.1) is 0 Å². The Kier molecular flexibility index (Phi) is 7.06. The number of rotatable bonds is 6. The van der Waals surface area contributed by atoms with Crippen molar-refractivity contribution in [2.45, 2.75) is 39.0 Å². The van der Waals surface area contributed by atoms with Crippen molar-refractivity contribution < 1.29 is 4.74 Å². The van der Waals surface area contributed by atoms with Crippen LogP contribution in [0.2, 0.25) is 0 Å². The molecule has 1 aromatic heterocycles. The van der Waals surface area contributed by atoms with E-state index in [0.717, 1.165) is 47.5 Å². The molecular formula is C25H26BrN3O2S2. The molecule has 2 aromatic carbocycles. The zero-order valence-corrected chi connectivity index (χ0v) is 21.6. The molecule has 2 N–H and O–H groups in total. The highest BCUT2D eigenvalue weighted by molar-refractivity contribution is 9.09. The van der Waals surface area contributed by atoms with Gasteiger partial charge in [-0.1, -0.05) is 58.5 Å². The van der Waals surface area contributed by atoms with Crippen LogP contribution in [-0.4, -0.2) is 42.7 Å². The lowest BCUT2D eigenvalue weighted by Crippen LogP contribution is -2.36. The number of benzene rings is 2. The van der Waals surface area contributed by atoms with Gasteiger partial charge < -0.3 is 19.9 Å². The Labute approximate surface area is 210 Å². The summed E-state index contributed by atoms with van der Waals surface area (Å²) >= 11 is 7.16. The number of pyridine rings is 1. The third-order valence-corrected chi connectivity index (χ3v) is 9.28. The Morgan fingerprint density at radius 1 is 1.09 bits per heavy atom. The van der Waals surface area contributed by atoms with Gasteiger partial charge in [-0.2, -0.15) is 0 Å². The van der Waals surface area contributed by atoms with Crippen LogP contribution >= 0.6 is 39.5 Å². The van der Waals surface area contributed by atoms with Crippen LogP contribution in [0.4, 0.5) is 11.4 Å². The van der Waals surface area contributed by atoms with Crippen LogP contribution in [0.25, 0.3) is 11.3 Å². The zero-order chi connectivity index (χ0) is 22.8. The van der Waals surface area contributed by atoms with E-state index in [4.69, 9.17) is 4.74 Å². The Bertz CT molecular complexity index is 1210. The molecule has 0 bridgehead atoms. The minimum atomic E-state index is -0.0755. The van der Waals surface area contributed by atoms with E-state index in [2.05, 4.69) is 80.5 Å². The molecule has 0 amide bonds. The van der Waals surface area contributed by atoms with Crippen molar-refractivity contribution in [3.05, 3.63) is 58.9 Å². The van der Waals surface area contributed by atoms with Crippen molar-refractivity contribution in [1.29, 1.82) is 0 Å². The Hall–Kier alpha value is -1.87. The van der Waals surface area contributed by atoms with Crippen LogP contribution in [0.3, 0.4) is 0 Å². The fraction of sp³-hybridized carbons (Fsp3) is 0.320. The van der Waals surface area contributed by atoms with E-state index in [1.807, 2.05) is 0 Å². The molecule has 172 valence electrons. The number of aromatic amines is 1. The van der Waals surface area contributed by atoms with Crippen molar-refractivity contribution in [3.63, 3.8) is 0 Å². The number of fused-ring (bicyclic) bond motifs is 2. The van der Waals surface area contributed by atoms with E-state index < -0.39 is 0 Å². The lowest BCUT2D eigenvalue weighted by molar-refractivity contribution is 0.122. The van der Waals surface area contributed by atoms with E-state index in [1.54, 1.807) is 29.6 Å². The van der Waals surface area contributed by atoms with Crippen LogP contribution in [0.5, 0.6) is 0 Å². The highest BCUT2D eigenvalue weighted by atomic mass is 79.9. The first-order valence-electron chi connectivity index (χ1n) is 11.2. The van der Waals surface area contributed by atoms with E-state index in [0.29, 0.717) is 19.3 Å². The summed E-state index contributed by atoms with van der Waals surface area (Å²) in [6, 6.07) is 17.1. The van der Waals surface area contributed by atoms with Gasteiger partial charge in [-0.05, 0) is 36.8 Å². The molecule has 5 nitrogen and oxygen atoms in total. The average molecular weight is 545 g/mol. The fourth-order valence-electron chi connectivity index (χ4n) is 4.07. The number of hydrogen-bond acceptors (Lipinski definition) is 6. The molecule has 1 atom stereocenters. The topological polar surface area (TPSA) is 57.4 Å². The van der Waals surface area contributed by atoms with Gasteiger partial charge in [0.15, 0.2) is 0 Å². The van der Waals surface area contributed by atoms with Crippen molar-refractivity contribution in [3.8, 4) is 11.3 Å². The van der Waals surface area contributed by atoms with Gasteiger partial charge >= 0.3 is 0 Å². The monoisotopic (exact) mass is 543 g/mol. The smallest absolute Gasteiger partial charge is 0.250 e. The maximum Gasteiger partial charge on any atom is 0.250 e. The molecule has 1 unspecified atom stereocenters. The number of anilines is 2. The summed E-state index contributed by atoms with van der Waals surface area (Å²) in [4.78, 5) is 22.7. The van der Waals surface area contributed by atoms with Gasteiger partial charge in [0.25, 0.3) is 0 Å². The molecule has 3 heterocycles. The highest BCUT2D eigenvalue weighted by Gasteiger charge is 2.22. The first kappa shape index (κ1) is 22.9. The average Bonchev–Trinajstić information content (AvgIpc) is 2.85. The third kappa shape index (κ3) is 4.99. The number of nitrogens with zero attached hydrogens (tertiary/aromatic N) is 1. The summed E-state index contributed by atoms with van der Waals surface area (Å²) in [7, 11) is 0. The minimum Gasteiger partial charge on any atom is -0.381 e. The first-order valence-corrected chi connectivity index (χ1v) is 13.9. The van der Waals surface area contributed by atoms with Gasteiger partial charge in [0.2, 0.25) is 5.56 Å². The fourth-order valence-corrected chi connectivity index (χ4v) is 7.10. The number of nitrogens with one attached hydrogen (secondary N) is 2. The Morgan fingerprint density at radius 3 is 2.73 bits per heavy atom. The van der Waals surface area contributed by atoms with Crippen LogP contribution in [0.15, 0.2) is 72.9 Å². The SMILES string of the molecule is CCC(CBr)Nc1ccc2c(c1)Sc1cccc(-c3cc(N4CCOCC4)cc(=O)[nH]3)c1S2. The molecule has 2 aliphatic rings. The summed E-state index contributed by atoms with van der Waals surface area (Å²) in [6.45, 7) is 5.18. The summed E-state index contributed by atoms with van der Waals surface area (Å²) in [6.07, 6.45) is 1.07. The molecular weight excluding hydrogens is 518 g/mol. The van der Waals surface area contributed by atoms with E-state index in [-0.39, 0.29) is 5.56 Å². The molecule has 3 aromatic rings. The van der Waals surface area contributed by atoms with Gasteiger partial charge in [-0.3, -0.25) is 4.79 Å². The van der Waals surface area contributed by atoms with E-state index >= 15 is 0 Å². The largest absolute Gasteiger partial charge is 0.381 e. The maximum atomic E-state index is 12.5. The summed E-state index contributed by atoms with van der Waals surface area (Å²) in [5.74, 6) is 0. The predicted octanol–water partition coefficient (Wildman–Crippen LogP) is 6.08. The number of ether oxygens (including phenoxy) is 1. The number of halogens is 1. The first-order chi connectivity index (χ1) is 16.1. The number of morpholine rings is 1. The molecule has 1 fully saturated rings. The van der Waals surface area contributed by atoms with Gasteiger partial charge in [0, 0.05) is 67.0 Å². The van der Waals surface area contributed by atoms with Gasteiger partial charge in [0.05, 0.1) is 18.9 Å². The van der Waals surface area contributed by atoms with Crippen molar-refractivity contribution in [2.75, 3.05) is 41.9 Å². The zero-order valence-electron chi connectivity index (χ0n) is 18.4. The van der Waals surface area contributed by atoms with Gasteiger partial charge in [-0.15, -0.1) is 0 Å².